The molecule has 7 unspecified atom stereocenters. The van der Waals surface area contributed by atoms with E-state index in [-0.39, 0.29) is 5.69 Å². The van der Waals surface area contributed by atoms with E-state index in [0.29, 0.717) is 0 Å². The van der Waals surface area contributed by atoms with E-state index >= 15 is 0 Å². The molecule has 1 saturated heterocycles. The monoisotopic (exact) mass is 633 g/mol. The van der Waals surface area contributed by atoms with Crippen molar-refractivity contribution < 1.29 is 57.1 Å². The maximum atomic E-state index is 13.8. The molecule has 0 amide bonds. The molecule has 2 aromatic rings. The van der Waals surface area contributed by atoms with Gasteiger partial charge in [0, 0.05) is 27.7 Å². The molecule has 2 aliphatic heterocycles. The topological polar surface area (TPSA) is 199 Å². The minimum atomic E-state index is -1.69. The van der Waals surface area contributed by atoms with Crippen molar-refractivity contribution in [3.8, 4) is 5.69 Å². The van der Waals surface area contributed by atoms with Gasteiger partial charge in [-0.15, -0.1) is 0 Å². The number of methoxy groups -OCH3 is 1. The van der Waals surface area contributed by atoms with Crippen LogP contribution in [-0.2, 0) is 57.1 Å². The van der Waals surface area contributed by atoms with Crippen LogP contribution < -0.4 is 11.4 Å². The highest BCUT2D eigenvalue weighted by Crippen LogP contribution is 2.33. The second-order valence-electron chi connectivity index (χ2n) is 9.87. The van der Waals surface area contributed by atoms with Gasteiger partial charge >= 0.3 is 41.2 Å². The van der Waals surface area contributed by atoms with E-state index in [2.05, 4.69) is 0 Å². The van der Waals surface area contributed by atoms with Crippen molar-refractivity contribution in [1.82, 2.24) is 13.9 Å². The molecule has 1 aromatic carbocycles. The van der Waals surface area contributed by atoms with E-state index in [9.17, 15) is 33.6 Å². The van der Waals surface area contributed by atoms with Crippen LogP contribution in [0.2, 0.25) is 0 Å². The molecule has 45 heavy (non-hydrogen) atoms. The largest absolute Gasteiger partial charge is 0.467 e. The zero-order valence-corrected chi connectivity index (χ0v) is 24.8. The molecular weight excluding hydrogens is 602 g/mol. The molecule has 0 saturated carbocycles. The van der Waals surface area contributed by atoms with Crippen molar-refractivity contribution in [2.24, 2.45) is 0 Å². The van der Waals surface area contributed by atoms with Gasteiger partial charge in [0.05, 0.1) is 12.8 Å². The minimum Gasteiger partial charge on any atom is -0.467 e. The lowest BCUT2D eigenvalue weighted by Crippen LogP contribution is -2.63. The summed E-state index contributed by atoms with van der Waals surface area (Å²) in [4.78, 5) is 88.0. The third-order valence-electron chi connectivity index (χ3n) is 6.65. The van der Waals surface area contributed by atoms with E-state index in [4.69, 9.17) is 33.2 Å². The fourth-order valence-electron chi connectivity index (χ4n) is 4.95. The second kappa shape index (κ2) is 13.7. The van der Waals surface area contributed by atoms with Crippen LogP contribution in [0.4, 0.5) is 0 Å². The van der Waals surface area contributed by atoms with Crippen LogP contribution in [0.15, 0.2) is 52.1 Å². The molecule has 7 atom stereocenters. The number of aromatic nitrogens is 3. The molecular formula is C28H31N3O14. The average molecular weight is 634 g/mol. The summed E-state index contributed by atoms with van der Waals surface area (Å²) >= 11 is 0. The third-order valence-corrected chi connectivity index (χ3v) is 6.65. The Labute approximate surface area is 254 Å². The van der Waals surface area contributed by atoms with Crippen LogP contribution in [0.25, 0.3) is 5.69 Å². The van der Waals surface area contributed by atoms with Crippen molar-refractivity contribution in [3.05, 3.63) is 63.5 Å². The number of carbonyl (C=O) groups excluding carboxylic acids is 5. The summed E-state index contributed by atoms with van der Waals surface area (Å²) < 4.78 is 40.6. The molecule has 2 aliphatic rings. The lowest BCUT2D eigenvalue weighted by Gasteiger charge is -2.44. The van der Waals surface area contributed by atoms with Crippen LogP contribution in [0, 0.1) is 0 Å². The Balaban J connectivity index is 1.83. The van der Waals surface area contributed by atoms with Crippen molar-refractivity contribution >= 4 is 29.8 Å². The summed E-state index contributed by atoms with van der Waals surface area (Å²) in [5, 5.41) is 0. The first-order valence-corrected chi connectivity index (χ1v) is 13.6. The molecule has 0 bridgehead atoms. The van der Waals surface area contributed by atoms with Crippen LogP contribution in [0.5, 0.6) is 0 Å². The highest BCUT2D eigenvalue weighted by atomic mass is 16.7. The van der Waals surface area contributed by atoms with Gasteiger partial charge in [0.15, 0.2) is 30.6 Å². The predicted octanol–water partition coefficient (Wildman–Crippen LogP) is -0.317. The zero-order chi connectivity index (χ0) is 33.0. The average Bonchev–Trinajstić information content (AvgIpc) is 3.24. The number of ether oxygens (including phenoxy) is 7. The number of esters is 5. The molecule has 0 radical (unpaired) electrons. The summed E-state index contributed by atoms with van der Waals surface area (Å²) in [6.07, 6.45) is -6.57. The Bertz CT molecular complexity index is 1610. The number of hydrogen-bond donors (Lipinski definition) is 0. The molecule has 3 heterocycles. The van der Waals surface area contributed by atoms with Crippen LogP contribution in [0.1, 0.15) is 40.0 Å². The number of benzene rings is 1. The Morgan fingerprint density at radius 2 is 1.33 bits per heavy atom. The van der Waals surface area contributed by atoms with Gasteiger partial charge in [-0.3, -0.25) is 19.2 Å². The second-order valence-corrected chi connectivity index (χ2v) is 9.87. The number of rotatable bonds is 9. The third kappa shape index (κ3) is 7.04. The van der Waals surface area contributed by atoms with Crippen LogP contribution in [-0.4, -0.2) is 88.2 Å². The number of para-hydroxylation sites is 1. The van der Waals surface area contributed by atoms with E-state index in [0.717, 1.165) is 48.7 Å². The molecule has 0 spiro atoms. The van der Waals surface area contributed by atoms with E-state index < -0.39 is 90.8 Å². The number of hydrogen-bond acceptors (Lipinski definition) is 14. The van der Waals surface area contributed by atoms with Gasteiger partial charge in [0.1, 0.15) is 12.7 Å². The van der Waals surface area contributed by atoms with Crippen LogP contribution in [0.3, 0.4) is 0 Å². The normalized spacial score (nSPS) is 25.4. The fraction of sp³-hybridized carbons (Fsp3) is 0.464. The van der Waals surface area contributed by atoms with Gasteiger partial charge in [0.25, 0.3) is 0 Å². The zero-order valence-electron chi connectivity index (χ0n) is 24.8. The first-order chi connectivity index (χ1) is 21.3. The quantitative estimate of drug-likeness (QED) is 0.198. The van der Waals surface area contributed by atoms with Crippen molar-refractivity contribution in [2.75, 3.05) is 13.7 Å². The van der Waals surface area contributed by atoms with E-state index in [1.54, 1.807) is 18.2 Å². The molecule has 4 rings (SSSR count). The van der Waals surface area contributed by atoms with E-state index in [1.807, 2.05) is 0 Å². The maximum absolute atomic E-state index is 13.8. The molecule has 1 aromatic heterocycles. The van der Waals surface area contributed by atoms with Gasteiger partial charge in [-0.2, -0.15) is 4.68 Å². The lowest BCUT2D eigenvalue weighted by molar-refractivity contribution is -0.321. The number of fused-ring (bicyclic) bond motifs is 1. The van der Waals surface area contributed by atoms with Crippen LogP contribution >= 0.6 is 0 Å². The Kier molecular flexibility index (Phi) is 10.0. The smallest absolute Gasteiger partial charge is 0.354 e. The summed E-state index contributed by atoms with van der Waals surface area (Å²) in [5.74, 6) is -4.13. The Hall–Kier alpha value is -5.03. The fourth-order valence-corrected chi connectivity index (χ4v) is 4.95. The summed E-state index contributed by atoms with van der Waals surface area (Å²) in [6.45, 7) is 3.79. The highest BCUT2D eigenvalue weighted by molar-refractivity contribution is 5.76. The van der Waals surface area contributed by atoms with Gasteiger partial charge in [-0.05, 0) is 24.3 Å². The van der Waals surface area contributed by atoms with Crippen molar-refractivity contribution in [2.45, 2.75) is 70.7 Å². The van der Waals surface area contributed by atoms with Crippen molar-refractivity contribution in [3.63, 3.8) is 0 Å². The number of carbonyl (C=O) groups is 5. The Morgan fingerprint density at radius 3 is 1.91 bits per heavy atom. The predicted molar refractivity (Wildman–Crippen MR) is 147 cm³/mol. The molecule has 0 aliphatic carbocycles. The molecule has 1 fully saturated rings. The van der Waals surface area contributed by atoms with Gasteiger partial charge in [-0.25, -0.2) is 23.6 Å². The molecule has 17 nitrogen and oxygen atoms in total. The van der Waals surface area contributed by atoms with E-state index in [1.165, 1.54) is 24.3 Å². The molecule has 242 valence electrons. The minimum absolute atomic E-state index is 0.191. The molecule has 17 heteroatoms. The summed E-state index contributed by atoms with van der Waals surface area (Å²) in [6, 6.07) is 6.53. The summed E-state index contributed by atoms with van der Waals surface area (Å²) in [7, 11) is 1.11. The maximum Gasteiger partial charge on any atom is 0.354 e. The number of nitrogens with zero attached hydrogens (tertiary/aromatic N) is 3. The Morgan fingerprint density at radius 1 is 0.756 bits per heavy atom. The van der Waals surface area contributed by atoms with Gasteiger partial charge in [-0.1, -0.05) is 18.2 Å². The highest BCUT2D eigenvalue weighted by Gasteiger charge is 2.53. The SMILES string of the molecule is COC(=O)C1C=CC(OC2OC(COC(C)=O)C(OC(C)=O)C(OC(C)=O)C2OC(C)=O)n2c(=O)n(-c3ccccc3)c(=O)n21. The first-order valence-electron chi connectivity index (χ1n) is 13.6. The standard InChI is InChI=1S/C28H31N3O14/c1-14(32)40-13-20-22(41-15(2)33)23(42-16(3)34)24(43-17(4)35)26(44-20)45-21-12-11-19(25(36)39-5)30-27(37)29(28(38)31(21)30)18-9-7-6-8-10-18/h6-12,19-24,26H,13H2,1-5H3. The summed E-state index contributed by atoms with van der Waals surface area (Å²) in [5.41, 5.74) is -1.63. The first kappa shape index (κ1) is 32.9. The van der Waals surface area contributed by atoms with Gasteiger partial charge in [0.2, 0.25) is 6.29 Å². The molecule has 0 N–H and O–H groups in total. The van der Waals surface area contributed by atoms with Gasteiger partial charge < -0.3 is 33.2 Å². The lowest BCUT2D eigenvalue weighted by atomic mass is 9.98. The van der Waals surface area contributed by atoms with Crippen molar-refractivity contribution in [1.29, 1.82) is 0 Å².